The molecule has 0 bridgehead atoms. The molecule has 1 rings (SSSR count). The summed E-state index contributed by atoms with van der Waals surface area (Å²) in [4.78, 5) is 26.7. The summed E-state index contributed by atoms with van der Waals surface area (Å²) in [6.07, 6.45) is 1.60. The molecule has 0 saturated heterocycles. The lowest BCUT2D eigenvalue weighted by molar-refractivity contribution is -0.146. The number of carbonyl (C=O) groups is 2. The fraction of sp³-hybridized carbons (Fsp3) is 0.529. The van der Waals surface area contributed by atoms with Crippen molar-refractivity contribution >= 4 is 17.5 Å². The quantitative estimate of drug-likeness (QED) is 0.779. The predicted octanol–water partition coefficient (Wildman–Crippen LogP) is 3.58. The van der Waals surface area contributed by atoms with Gasteiger partial charge in [0.1, 0.15) is 5.41 Å². The van der Waals surface area contributed by atoms with E-state index in [2.05, 4.69) is 5.32 Å². The maximum Gasteiger partial charge on any atom is 0.239 e. The summed E-state index contributed by atoms with van der Waals surface area (Å²) in [6, 6.07) is 3.08. The Bertz CT molecular complexity index is 568. The van der Waals surface area contributed by atoms with Crippen LogP contribution in [0.15, 0.2) is 18.2 Å². The molecule has 6 heteroatoms. The van der Waals surface area contributed by atoms with Gasteiger partial charge >= 0.3 is 0 Å². The maximum absolute atomic E-state index is 13.2. The topological polar surface area (TPSA) is 49.4 Å². The van der Waals surface area contributed by atoms with Crippen LogP contribution in [-0.2, 0) is 9.59 Å². The minimum atomic E-state index is -1.30. The van der Waals surface area contributed by atoms with Crippen molar-refractivity contribution in [3.8, 4) is 0 Å². The molecule has 0 aliphatic carbocycles. The third kappa shape index (κ3) is 4.74. The van der Waals surface area contributed by atoms with E-state index >= 15 is 0 Å². The largest absolute Gasteiger partial charge is 0.342 e. The Morgan fingerprint density at radius 2 is 1.65 bits per heavy atom. The van der Waals surface area contributed by atoms with Gasteiger partial charge in [-0.3, -0.25) is 9.59 Å². The van der Waals surface area contributed by atoms with Gasteiger partial charge in [0, 0.05) is 24.8 Å². The summed E-state index contributed by atoms with van der Waals surface area (Å²) in [5.74, 6) is -2.87. The molecule has 0 aromatic heterocycles. The Morgan fingerprint density at radius 3 is 2.13 bits per heavy atom. The monoisotopic (exact) mass is 326 g/mol. The number of hydrogen-bond donors (Lipinski definition) is 1. The summed E-state index contributed by atoms with van der Waals surface area (Å²) in [7, 11) is 0. The molecule has 0 aliphatic heterocycles. The van der Waals surface area contributed by atoms with Gasteiger partial charge in [-0.2, -0.15) is 0 Å². The van der Waals surface area contributed by atoms with Crippen LogP contribution in [0.5, 0.6) is 0 Å². The molecule has 0 atom stereocenters. The van der Waals surface area contributed by atoms with Gasteiger partial charge in [-0.15, -0.1) is 0 Å². The molecule has 0 unspecified atom stereocenters. The van der Waals surface area contributed by atoms with Crippen molar-refractivity contribution in [2.24, 2.45) is 5.41 Å². The maximum atomic E-state index is 13.2. The number of benzene rings is 1. The summed E-state index contributed by atoms with van der Waals surface area (Å²) < 4.78 is 26.1. The minimum Gasteiger partial charge on any atom is -0.342 e. The smallest absolute Gasteiger partial charge is 0.239 e. The Kier molecular flexibility index (Phi) is 6.66. The standard InChI is InChI=1S/C17H24F2N2O2/c1-5-9-21(10-6-2)16(23)17(3,4)15(22)20-12-7-8-13(18)14(19)11-12/h7-8,11H,5-6,9-10H2,1-4H3,(H,20,22). The number of anilines is 1. The van der Waals surface area contributed by atoms with Crippen molar-refractivity contribution in [3.05, 3.63) is 29.8 Å². The summed E-state index contributed by atoms with van der Waals surface area (Å²) in [6.45, 7) is 8.14. The van der Waals surface area contributed by atoms with Gasteiger partial charge in [0.05, 0.1) is 0 Å². The van der Waals surface area contributed by atoms with Crippen LogP contribution < -0.4 is 5.32 Å². The highest BCUT2D eigenvalue weighted by molar-refractivity contribution is 6.09. The van der Waals surface area contributed by atoms with Crippen LogP contribution in [-0.4, -0.2) is 29.8 Å². The number of nitrogens with zero attached hydrogens (tertiary/aromatic N) is 1. The van der Waals surface area contributed by atoms with E-state index in [9.17, 15) is 18.4 Å². The third-order valence-electron chi connectivity index (χ3n) is 3.55. The Hall–Kier alpha value is -1.98. The van der Waals surface area contributed by atoms with Crippen LogP contribution >= 0.6 is 0 Å². The Balaban J connectivity index is 2.89. The molecular weight excluding hydrogens is 302 g/mol. The Labute approximate surface area is 135 Å². The van der Waals surface area contributed by atoms with Crippen molar-refractivity contribution < 1.29 is 18.4 Å². The van der Waals surface area contributed by atoms with E-state index in [0.717, 1.165) is 25.0 Å². The van der Waals surface area contributed by atoms with Crippen LogP contribution in [0.2, 0.25) is 0 Å². The SMILES string of the molecule is CCCN(CCC)C(=O)C(C)(C)C(=O)Nc1ccc(F)c(F)c1. The van der Waals surface area contributed by atoms with E-state index < -0.39 is 23.0 Å². The molecular formula is C17H24F2N2O2. The molecule has 0 spiro atoms. The average Bonchev–Trinajstić information content (AvgIpc) is 2.50. The zero-order valence-corrected chi connectivity index (χ0v) is 14.1. The molecule has 0 aliphatic rings. The second-order valence-corrected chi connectivity index (χ2v) is 6.00. The number of halogens is 2. The van der Waals surface area contributed by atoms with Gasteiger partial charge < -0.3 is 10.2 Å². The molecule has 23 heavy (non-hydrogen) atoms. The van der Waals surface area contributed by atoms with Gasteiger partial charge in [0.15, 0.2) is 11.6 Å². The lowest BCUT2D eigenvalue weighted by atomic mass is 9.90. The van der Waals surface area contributed by atoms with Gasteiger partial charge in [0.25, 0.3) is 0 Å². The molecule has 128 valence electrons. The zero-order valence-electron chi connectivity index (χ0n) is 14.1. The fourth-order valence-electron chi connectivity index (χ4n) is 2.21. The van der Waals surface area contributed by atoms with Crippen molar-refractivity contribution in [2.45, 2.75) is 40.5 Å². The molecule has 1 aromatic carbocycles. The van der Waals surface area contributed by atoms with Crippen molar-refractivity contribution in [3.63, 3.8) is 0 Å². The third-order valence-corrected chi connectivity index (χ3v) is 3.55. The van der Waals surface area contributed by atoms with Gasteiger partial charge in [-0.05, 0) is 38.8 Å². The first-order valence-corrected chi connectivity index (χ1v) is 7.79. The highest BCUT2D eigenvalue weighted by Crippen LogP contribution is 2.23. The molecule has 4 nitrogen and oxygen atoms in total. The van der Waals surface area contributed by atoms with Gasteiger partial charge in [-0.1, -0.05) is 13.8 Å². The van der Waals surface area contributed by atoms with Crippen LogP contribution in [0, 0.1) is 17.0 Å². The van der Waals surface area contributed by atoms with Crippen molar-refractivity contribution in [1.82, 2.24) is 4.90 Å². The first-order valence-electron chi connectivity index (χ1n) is 7.79. The molecule has 0 radical (unpaired) electrons. The number of rotatable bonds is 7. The average molecular weight is 326 g/mol. The fourth-order valence-corrected chi connectivity index (χ4v) is 2.21. The zero-order chi connectivity index (χ0) is 17.6. The second-order valence-electron chi connectivity index (χ2n) is 6.00. The van der Waals surface area contributed by atoms with Gasteiger partial charge in [0.2, 0.25) is 11.8 Å². The number of hydrogen-bond acceptors (Lipinski definition) is 2. The molecule has 0 heterocycles. The van der Waals surface area contributed by atoms with Crippen LogP contribution in [0.4, 0.5) is 14.5 Å². The lowest BCUT2D eigenvalue weighted by Gasteiger charge is -2.30. The molecule has 0 fully saturated rings. The first-order chi connectivity index (χ1) is 10.7. The normalized spacial score (nSPS) is 11.2. The molecule has 0 saturated carbocycles. The summed E-state index contributed by atoms with van der Waals surface area (Å²) in [5.41, 5.74) is -1.18. The summed E-state index contributed by atoms with van der Waals surface area (Å²) >= 11 is 0. The predicted molar refractivity (Wildman–Crippen MR) is 85.9 cm³/mol. The minimum absolute atomic E-state index is 0.118. The van der Waals surface area contributed by atoms with E-state index in [4.69, 9.17) is 0 Å². The molecule has 1 aromatic rings. The number of amides is 2. The van der Waals surface area contributed by atoms with Gasteiger partial charge in [-0.25, -0.2) is 8.78 Å². The Morgan fingerprint density at radius 1 is 1.09 bits per heavy atom. The number of nitrogens with one attached hydrogen (secondary N) is 1. The van der Waals surface area contributed by atoms with Crippen LogP contribution in [0.25, 0.3) is 0 Å². The lowest BCUT2D eigenvalue weighted by Crippen LogP contribution is -2.47. The first kappa shape index (κ1) is 19.1. The highest BCUT2D eigenvalue weighted by Gasteiger charge is 2.38. The van der Waals surface area contributed by atoms with E-state index in [1.807, 2.05) is 13.8 Å². The van der Waals surface area contributed by atoms with E-state index in [0.29, 0.717) is 13.1 Å². The van der Waals surface area contributed by atoms with E-state index in [1.165, 1.54) is 19.9 Å². The van der Waals surface area contributed by atoms with Crippen LogP contribution in [0.1, 0.15) is 40.5 Å². The van der Waals surface area contributed by atoms with Crippen molar-refractivity contribution in [1.29, 1.82) is 0 Å². The highest BCUT2D eigenvalue weighted by atomic mass is 19.2. The molecule has 2 amide bonds. The number of carbonyl (C=O) groups excluding carboxylic acids is 2. The van der Waals surface area contributed by atoms with E-state index in [1.54, 1.807) is 4.90 Å². The van der Waals surface area contributed by atoms with E-state index in [-0.39, 0.29) is 11.6 Å². The second kappa shape index (κ2) is 8.04. The van der Waals surface area contributed by atoms with Crippen LogP contribution in [0.3, 0.4) is 0 Å². The molecule has 1 N–H and O–H groups in total. The van der Waals surface area contributed by atoms with Crippen molar-refractivity contribution in [2.75, 3.05) is 18.4 Å². The summed E-state index contributed by atoms with van der Waals surface area (Å²) in [5, 5.41) is 2.48.